The van der Waals surface area contributed by atoms with Gasteiger partial charge in [-0.15, -0.1) is 11.8 Å². The average Bonchev–Trinajstić information content (AvgIpc) is 3.28. The molecule has 0 atom stereocenters. The highest BCUT2D eigenvalue weighted by Crippen LogP contribution is 2.34. The molecule has 1 aromatic carbocycles. The summed E-state index contributed by atoms with van der Waals surface area (Å²) < 4.78 is 2.88. The van der Waals surface area contributed by atoms with Crippen molar-refractivity contribution in [1.82, 2.24) is 20.1 Å². The number of carbonyl (C=O) groups excluding carboxylic acids is 1. The zero-order valence-corrected chi connectivity index (χ0v) is 16.4. The Labute approximate surface area is 160 Å². The maximum Gasteiger partial charge on any atom is 0.271 e. The molecule has 1 amide bonds. The molecule has 8 heteroatoms. The Morgan fingerprint density at radius 3 is 2.81 bits per heavy atom. The van der Waals surface area contributed by atoms with E-state index in [0.717, 1.165) is 36.6 Å². The SMILES string of the molecule is CSc1cccc2sc(N3CCC(NC(=O)c4ccn(C)n4)CC3)nc12. The third-order valence-corrected chi connectivity index (χ3v) is 6.49. The first-order valence-electron chi connectivity index (χ1n) is 8.63. The summed E-state index contributed by atoms with van der Waals surface area (Å²) in [5.74, 6) is -0.0892. The van der Waals surface area contributed by atoms with Gasteiger partial charge >= 0.3 is 0 Å². The number of piperidine rings is 1. The second-order valence-electron chi connectivity index (χ2n) is 6.41. The summed E-state index contributed by atoms with van der Waals surface area (Å²) in [7, 11) is 1.82. The van der Waals surface area contributed by atoms with Gasteiger partial charge in [-0.1, -0.05) is 17.4 Å². The zero-order valence-electron chi connectivity index (χ0n) is 14.8. The Morgan fingerprint density at radius 2 is 2.12 bits per heavy atom. The Hall–Kier alpha value is -2.06. The highest BCUT2D eigenvalue weighted by molar-refractivity contribution is 7.98. The number of para-hydroxylation sites is 1. The maximum absolute atomic E-state index is 12.3. The van der Waals surface area contributed by atoms with E-state index in [-0.39, 0.29) is 11.9 Å². The molecule has 26 heavy (non-hydrogen) atoms. The smallest absolute Gasteiger partial charge is 0.271 e. The van der Waals surface area contributed by atoms with Crippen molar-refractivity contribution < 1.29 is 4.79 Å². The van der Waals surface area contributed by atoms with Crippen LogP contribution in [0.3, 0.4) is 0 Å². The lowest BCUT2D eigenvalue weighted by Crippen LogP contribution is -2.44. The normalized spacial score (nSPS) is 15.5. The number of aryl methyl sites for hydroxylation is 1. The molecule has 3 aromatic rings. The van der Waals surface area contributed by atoms with E-state index in [0.29, 0.717) is 5.69 Å². The fourth-order valence-corrected chi connectivity index (χ4v) is 4.89. The number of hydrogen-bond donors (Lipinski definition) is 1. The van der Waals surface area contributed by atoms with Gasteiger partial charge in [0.05, 0.1) is 10.2 Å². The Balaban J connectivity index is 1.40. The van der Waals surface area contributed by atoms with Crippen LogP contribution in [0.15, 0.2) is 35.4 Å². The van der Waals surface area contributed by atoms with Gasteiger partial charge in [0.25, 0.3) is 5.91 Å². The minimum Gasteiger partial charge on any atom is -0.348 e. The standard InChI is InChI=1S/C18H21N5OS2/c1-22-9-8-13(21-22)17(24)19-12-6-10-23(11-7-12)18-20-16-14(25-2)4-3-5-15(16)26-18/h3-5,8-9,12H,6-7,10-11H2,1-2H3,(H,19,24). The first kappa shape index (κ1) is 17.4. The molecule has 0 aliphatic carbocycles. The van der Waals surface area contributed by atoms with Crippen LogP contribution in [0, 0.1) is 0 Å². The molecule has 1 aliphatic rings. The third-order valence-electron chi connectivity index (χ3n) is 4.64. The molecule has 0 saturated carbocycles. The highest BCUT2D eigenvalue weighted by atomic mass is 32.2. The van der Waals surface area contributed by atoms with Crippen LogP contribution in [0.25, 0.3) is 10.2 Å². The molecule has 3 heterocycles. The van der Waals surface area contributed by atoms with Gasteiger partial charge in [0.15, 0.2) is 5.13 Å². The molecule has 1 saturated heterocycles. The van der Waals surface area contributed by atoms with Crippen molar-refractivity contribution in [3.05, 3.63) is 36.2 Å². The first-order valence-corrected chi connectivity index (χ1v) is 10.7. The minimum absolute atomic E-state index is 0.0892. The fraction of sp³-hybridized carbons (Fsp3) is 0.389. The molecule has 0 radical (unpaired) electrons. The van der Waals surface area contributed by atoms with E-state index in [9.17, 15) is 4.79 Å². The maximum atomic E-state index is 12.3. The Morgan fingerprint density at radius 1 is 1.31 bits per heavy atom. The van der Waals surface area contributed by atoms with Gasteiger partial charge < -0.3 is 10.2 Å². The van der Waals surface area contributed by atoms with E-state index >= 15 is 0 Å². The van der Waals surface area contributed by atoms with Crippen molar-refractivity contribution in [2.75, 3.05) is 24.2 Å². The van der Waals surface area contributed by atoms with E-state index in [1.54, 1.807) is 40.0 Å². The number of thiazole rings is 1. The molecule has 6 nitrogen and oxygen atoms in total. The summed E-state index contributed by atoms with van der Waals surface area (Å²) >= 11 is 3.49. The number of thioether (sulfide) groups is 1. The van der Waals surface area contributed by atoms with Gasteiger partial charge in [-0.3, -0.25) is 9.48 Å². The van der Waals surface area contributed by atoms with Crippen molar-refractivity contribution in [3.8, 4) is 0 Å². The summed E-state index contributed by atoms with van der Waals surface area (Å²) in [6.45, 7) is 1.81. The van der Waals surface area contributed by atoms with Crippen LogP contribution in [-0.4, -0.2) is 46.1 Å². The van der Waals surface area contributed by atoms with Gasteiger partial charge in [0.1, 0.15) is 5.69 Å². The Kier molecular flexibility index (Phi) is 4.86. The van der Waals surface area contributed by atoms with Gasteiger partial charge in [0, 0.05) is 37.3 Å². The second kappa shape index (κ2) is 7.28. The molecule has 1 fully saturated rings. The summed E-state index contributed by atoms with van der Waals surface area (Å²) in [6.07, 6.45) is 5.71. The summed E-state index contributed by atoms with van der Waals surface area (Å²) in [5.41, 5.74) is 1.58. The van der Waals surface area contributed by atoms with Crippen molar-refractivity contribution in [3.63, 3.8) is 0 Å². The molecule has 0 spiro atoms. The number of benzene rings is 1. The summed E-state index contributed by atoms with van der Waals surface area (Å²) in [6, 6.07) is 8.29. The largest absolute Gasteiger partial charge is 0.348 e. The zero-order chi connectivity index (χ0) is 18.1. The second-order valence-corrected chi connectivity index (χ2v) is 8.27. The molecular formula is C18H21N5OS2. The monoisotopic (exact) mass is 387 g/mol. The number of hydrogen-bond acceptors (Lipinski definition) is 6. The van der Waals surface area contributed by atoms with E-state index in [2.05, 4.69) is 39.8 Å². The molecular weight excluding hydrogens is 366 g/mol. The van der Waals surface area contributed by atoms with Gasteiger partial charge in [-0.2, -0.15) is 5.10 Å². The van der Waals surface area contributed by atoms with Crippen LogP contribution in [0.4, 0.5) is 5.13 Å². The molecule has 1 aliphatic heterocycles. The molecule has 4 rings (SSSR count). The van der Waals surface area contributed by atoms with Crippen molar-refractivity contribution in [2.45, 2.75) is 23.8 Å². The van der Waals surface area contributed by atoms with Crippen molar-refractivity contribution >= 4 is 44.4 Å². The number of aromatic nitrogens is 3. The lowest BCUT2D eigenvalue weighted by molar-refractivity contribution is 0.0925. The molecule has 1 N–H and O–H groups in total. The van der Waals surface area contributed by atoms with E-state index in [4.69, 9.17) is 4.98 Å². The van der Waals surface area contributed by atoms with E-state index in [1.807, 2.05) is 7.05 Å². The van der Waals surface area contributed by atoms with Gasteiger partial charge in [-0.05, 0) is 37.3 Å². The predicted molar refractivity (Wildman–Crippen MR) is 107 cm³/mol. The highest BCUT2D eigenvalue weighted by Gasteiger charge is 2.24. The molecule has 2 aromatic heterocycles. The minimum atomic E-state index is -0.0892. The third kappa shape index (κ3) is 3.43. The van der Waals surface area contributed by atoms with Crippen LogP contribution in [0.1, 0.15) is 23.3 Å². The predicted octanol–water partition coefficient (Wildman–Crippen LogP) is 3.15. The topological polar surface area (TPSA) is 63.1 Å². The lowest BCUT2D eigenvalue weighted by Gasteiger charge is -2.32. The fourth-order valence-electron chi connectivity index (χ4n) is 3.22. The number of anilines is 1. The van der Waals surface area contributed by atoms with Crippen molar-refractivity contribution in [1.29, 1.82) is 0 Å². The van der Waals surface area contributed by atoms with Gasteiger partial charge in [0.2, 0.25) is 0 Å². The van der Waals surface area contributed by atoms with E-state index in [1.165, 1.54) is 9.60 Å². The molecule has 0 bridgehead atoms. The van der Waals surface area contributed by atoms with Crippen LogP contribution in [0.5, 0.6) is 0 Å². The number of fused-ring (bicyclic) bond motifs is 1. The first-order chi connectivity index (χ1) is 12.6. The number of nitrogens with zero attached hydrogens (tertiary/aromatic N) is 4. The van der Waals surface area contributed by atoms with Crippen LogP contribution in [-0.2, 0) is 7.05 Å². The number of carbonyl (C=O) groups is 1. The molecule has 0 unspecified atom stereocenters. The number of amides is 1. The van der Waals surface area contributed by atoms with Gasteiger partial charge in [-0.25, -0.2) is 4.98 Å². The average molecular weight is 388 g/mol. The van der Waals surface area contributed by atoms with Crippen LogP contribution < -0.4 is 10.2 Å². The van der Waals surface area contributed by atoms with Crippen LogP contribution in [0.2, 0.25) is 0 Å². The number of rotatable bonds is 4. The van der Waals surface area contributed by atoms with Crippen molar-refractivity contribution in [2.24, 2.45) is 7.05 Å². The quantitative estimate of drug-likeness (QED) is 0.697. The van der Waals surface area contributed by atoms with E-state index < -0.39 is 0 Å². The van der Waals surface area contributed by atoms with Crippen LogP contribution >= 0.6 is 23.1 Å². The lowest BCUT2D eigenvalue weighted by atomic mass is 10.1. The molecule has 136 valence electrons. The summed E-state index contributed by atoms with van der Waals surface area (Å²) in [5, 5.41) is 8.35. The number of nitrogens with one attached hydrogen (secondary N) is 1. The summed E-state index contributed by atoms with van der Waals surface area (Å²) in [4.78, 5) is 20.7. The Bertz CT molecular complexity index is 927.